The van der Waals surface area contributed by atoms with Crippen LogP contribution in [0.5, 0.6) is 0 Å². The first-order valence-electron chi connectivity index (χ1n) is 7.99. The van der Waals surface area contributed by atoms with Gasteiger partial charge in [0.2, 0.25) is 0 Å². The van der Waals surface area contributed by atoms with Gasteiger partial charge in [-0.05, 0) is 31.2 Å². The predicted molar refractivity (Wildman–Crippen MR) is 104 cm³/mol. The number of carbonyl (C=O) groups is 1. The van der Waals surface area contributed by atoms with Crippen LogP contribution in [-0.2, 0) is 0 Å². The van der Waals surface area contributed by atoms with E-state index in [2.05, 4.69) is 10.6 Å². The second-order valence-electron chi connectivity index (χ2n) is 5.80. The van der Waals surface area contributed by atoms with Crippen LogP contribution in [-0.4, -0.2) is 18.1 Å². The van der Waals surface area contributed by atoms with Crippen LogP contribution in [0.2, 0.25) is 10.0 Å². The van der Waals surface area contributed by atoms with Gasteiger partial charge in [0, 0.05) is 12.6 Å². The van der Waals surface area contributed by atoms with Gasteiger partial charge < -0.3 is 4.52 Å². The van der Waals surface area contributed by atoms with Gasteiger partial charge in [0.15, 0.2) is 0 Å². The zero-order chi connectivity index (χ0) is 20.4. The van der Waals surface area contributed by atoms with Crippen molar-refractivity contribution in [2.45, 2.75) is 6.92 Å². The molecule has 0 aliphatic carbocycles. The Morgan fingerprint density at radius 3 is 2.54 bits per heavy atom. The Balaban J connectivity index is 1.98. The number of aryl methyl sites for hydroxylation is 1. The molecule has 6 nitrogen and oxygen atoms in total. The molecule has 1 N–H and O–H groups in total. The number of anilines is 1. The van der Waals surface area contributed by atoms with E-state index in [9.17, 15) is 14.4 Å². The molecule has 0 saturated heterocycles. The highest BCUT2D eigenvalue weighted by Crippen LogP contribution is 2.36. The average molecular weight is 419 g/mol. The van der Waals surface area contributed by atoms with Crippen molar-refractivity contribution < 1.29 is 13.7 Å². The molecule has 3 aromatic rings. The Hall–Kier alpha value is -3.08. The van der Waals surface area contributed by atoms with Gasteiger partial charge in [0.25, 0.3) is 5.91 Å². The van der Waals surface area contributed by atoms with Gasteiger partial charge >= 0.3 is 0 Å². The zero-order valence-electron chi connectivity index (χ0n) is 14.8. The number of benzene rings is 2. The first-order valence-corrected chi connectivity index (χ1v) is 8.74. The fourth-order valence-electron chi connectivity index (χ4n) is 2.71. The summed E-state index contributed by atoms with van der Waals surface area (Å²) in [4.78, 5) is 12.9. The number of aromatic nitrogens is 1. The highest BCUT2D eigenvalue weighted by Gasteiger charge is 2.26. The van der Waals surface area contributed by atoms with E-state index in [0.717, 1.165) is 0 Å². The van der Waals surface area contributed by atoms with Crippen LogP contribution in [0.4, 0.5) is 10.1 Å². The van der Waals surface area contributed by atoms with Crippen LogP contribution >= 0.6 is 23.2 Å². The Morgan fingerprint density at radius 2 is 1.89 bits per heavy atom. The van der Waals surface area contributed by atoms with E-state index in [4.69, 9.17) is 27.7 Å². The second kappa shape index (κ2) is 7.89. The third-order valence-electron chi connectivity index (χ3n) is 4.02. The topological polar surface area (TPSA) is 82.2 Å². The molecule has 2 aromatic carbocycles. The smallest absolute Gasteiger partial charge is 0.275 e. The van der Waals surface area contributed by atoms with Crippen molar-refractivity contribution in [1.29, 1.82) is 5.26 Å². The number of hydrogen-bond acceptors (Lipinski definition) is 5. The lowest BCUT2D eigenvalue weighted by molar-refractivity contribution is 0.0950. The molecule has 0 aliphatic heterocycles. The average Bonchev–Trinajstić information content (AvgIpc) is 3.02. The molecule has 0 aliphatic rings. The summed E-state index contributed by atoms with van der Waals surface area (Å²) in [6, 6.07) is 10.8. The standard InChI is InChI=1S/C19H13Cl2FN4O2/c1-10-16(18(25-28-10)17-12(20)5-3-6-13(17)21)19(27)24-26(2)15-8-4-7-14(22)11(15)9-23/h3-8H,1-2H3,(H,24,27). The van der Waals surface area contributed by atoms with Gasteiger partial charge in [0.1, 0.15) is 34.5 Å². The molecule has 142 valence electrons. The van der Waals surface area contributed by atoms with Gasteiger partial charge in [-0.1, -0.05) is 40.5 Å². The highest BCUT2D eigenvalue weighted by atomic mass is 35.5. The Bertz CT molecular complexity index is 1090. The number of carbonyl (C=O) groups excluding carboxylic acids is 1. The third-order valence-corrected chi connectivity index (χ3v) is 4.65. The minimum atomic E-state index is -0.689. The van der Waals surface area contributed by atoms with Crippen molar-refractivity contribution in [3.8, 4) is 17.3 Å². The molecule has 28 heavy (non-hydrogen) atoms. The van der Waals surface area contributed by atoms with Gasteiger partial charge in [-0.15, -0.1) is 0 Å². The van der Waals surface area contributed by atoms with Crippen molar-refractivity contribution in [1.82, 2.24) is 10.6 Å². The van der Waals surface area contributed by atoms with Crippen molar-refractivity contribution in [2.24, 2.45) is 0 Å². The maximum atomic E-state index is 13.8. The first-order chi connectivity index (χ1) is 13.3. The maximum Gasteiger partial charge on any atom is 0.275 e. The summed E-state index contributed by atoms with van der Waals surface area (Å²) in [5.41, 5.74) is 3.25. The zero-order valence-corrected chi connectivity index (χ0v) is 16.3. The molecule has 9 heteroatoms. The van der Waals surface area contributed by atoms with Gasteiger partial charge in [-0.25, -0.2) is 4.39 Å². The summed E-state index contributed by atoms with van der Waals surface area (Å²) < 4.78 is 19.0. The van der Waals surface area contributed by atoms with Gasteiger partial charge in [-0.3, -0.25) is 15.2 Å². The second-order valence-corrected chi connectivity index (χ2v) is 6.62. The molecule has 0 spiro atoms. The van der Waals surface area contributed by atoms with Crippen LogP contribution < -0.4 is 10.4 Å². The van der Waals surface area contributed by atoms with Crippen LogP contribution in [0.3, 0.4) is 0 Å². The molecule has 1 heterocycles. The summed E-state index contributed by atoms with van der Waals surface area (Å²) in [7, 11) is 1.48. The van der Waals surface area contributed by atoms with E-state index in [1.165, 1.54) is 30.3 Å². The number of nitriles is 1. The quantitative estimate of drug-likeness (QED) is 0.618. The Labute approximate surface area is 170 Å². The molecule has 0 saturated carbocycles. The number of hydrazine groups is 1. The van der Waals surface area contributed by atoms with E-state index in [0.29, 0.717) is 15.6 Å². The van der Waals surface area contributed by atoms with E-state index in [1.54, 1.807) is 31.2 Å². The van der Waals surface area contributed by atoms with E-state index in [-0.39, 0.29) is 28.3 Å². The van der Waals surface area contributed by atoms with Crippen molar-refractivity contribution >= 4 is 34.8 Å². The van der Waals surface area contributed by atoms with Crippen molar-refractivity contribution in [3.63, 3.8) is 0 Å². The SMILES string of the molecule is Cc1onc(-c2c(Cl)cccc2Cl)c1C(=O)NN(C)c1cccc(F)c1C#N. The van der Waals surface area contributed by atoms with E-state index in [1.807, 2.05) is 0 Å². The van der Waals surface area contributed by atoms with Crippen molar-refractivity contribution in [2.75, 3.05) is 12.1 Å². The number of nitrogens with one attached hydrogen (secondary N) is 1. The van der Waals surface area contributed by atoms with Crippen LogP contribution in [0.15, 0.2) is 40.9 Å². The van der Waals surface area contributed by atoms with E-state index < -0.39 is 11.7 Å². The molecule has 0 bridgehead atoms. The summed E-state index contributed by atoms with van der Waals surface area (Å²) in [5.74, 6) is -1.03. The lowest BCUT2D eigenvalue weighted by atomic mass is 10.1. The molecular formula is C19H13Cl2FN4O2. The molecule has 0 radical (unpaired) electrons. The predicted octanol–water partition coefficient (Wildman–Crippen LogP) is 4.75. The Kier molecular flexibility index (Phi) is 5.54. The largest absolute Gasteiger partial charge is 0.360 e. The van der Waals surface area contributed by atoms with Gasteiger partial charge in [0.05, 0.1) is 15.7 Å². The molecule has 0 unspecified atom stereocenters. The molecule has 3 rings (SSSR count). The number of rotatable bonds is 4. The number of nitrogens with zero attached hydrogens (tertiary/aromatic N) is 3. The molecule has 1 aromatic heterocycles. The minimum Gasteiger partial charge on any atom is -0.360 e. The minimum absolute atomic E-state index is 0.122. The lowest BCUT2D eigenvalue weighted by Gasteiger charge is -2.21. The molecule has 0 atom stereocenters. The highest BCUT2D eigenvalue weighted by molar-refractivity contribution is 6.39. The van der Waals surface area contributed by atoms with Crippen LogP contribution in [0.1, 0.15) is 21.7 Å². The monoisotopic (exact) mass is 418 g/mol. The van der Waals surface area contributed by atoms with E-state index >= 15 is 0 Å². The van der Waals surface area contributed by atoms with Crippen molar-refractivity contribution in [3.05, 3.63) is 69.1 Å². The molecule has 1 amide bonds. The molecule has 0 fully saturated rings. The van der Waals surface area contributed by atoms with Crippen LogP contribution in [0, 0.1) is 24.1 Å². The number of amides is 1. The summed E-state index contributed by atoms with van der Waals surface area (Å²) >= 11 is 12.4. The third kappa shape index (κ3) is 3.52. The summed E-state index contributed by atoms with van der Waals surface area (Å²) in [5, 5.41) is 15.0. The number of hydrogen-bond donors (Lipinski definition) is 1. The van der Waals surface area contributed by atoms with Crippen LogP contribution in [0.25, 0.3) is 11.3 Å². The first kappa shape index (κ1) is 19.7. The van der Waals surface area contributed by atoms with Gasteiger partial charge in [-0.2, -0.15) is 5.26 Å². The summed E-state index contributed by atoms with van der Waals surface area (Å²) in [6.45, 7) is 1.57. The maximum absolute atomic E-state index is 13.8. The fraction of sp³-hybridized carbons (Fsp3) is 0.105. The fourth-order valence-corrected chi connectivity index (χ4v) is 3.28. The summed E-state index contributed by atoms with van der Waals surface area (Å²) in [6.07, 6.45) is 0. The Morgan fingerprint density at radius 1 is 1.25 bits per heavy atom. The lowest BCUT2D eigenvalue weighted by Crippen LogP contribution is -2.40. The normalized spacial score (nSPS) is 10.4. The number of halogens is 3. The molecular weight excluding hydrogens is 406 g/mol.